The first-order chi connectivity index (χ1) is 10.6. The van der Waals surface area contributed by atoms with E-state index in [1.54, 1.807) is 10.4 Å². The van der Waals surface area contributed by atoms with E-state index in [0.717, 1.165) is 0 Å². The lowest BCUT2D eigenvalue weighted by Crippen LogP contribution is -2.33. The minimum atomic E-state index is -1.06. The summed E-state index contributed by atoms with van der Waals surface area (Å²) in [7, 11) is 0. The van der Waals surface area contributed by atoms with E-state index in [-0.39, 0.29) is 34.9 Å². The average molecular weight is 364 g/mol. The zero-order chi connectivity index (χ0) is 15.7. The summed E-state index contributed by atoms with van der Waals surface area (Å²) in [6, 6.07) is 0. The topological polar surface area (TPSA) is 73.9 Å². The lowest BCUT2D eigenvalue weighted by Gasteiger charge is -2.23. The summed E-state index contributed by atoms with van der Waals surface area (Å²) < 4.78 is 13.8. The molecule has 2 N–H and O–H groups in total. The molecule has 0 unspecified atom stereocenters. The van der Waals surface area contributed by atoms with Gasteiger partial charge in [0.1, 0.15) is 16.1 Å². The first-order valence-corrected chi connectivity index (χ1v) is 8.18. The van der Waals surface area contributed by atoms with Crippen LogP contribution in [0.5, 0.6) is 0 Å². The van der Waals surface area contributed by atoms with Gasteiger partial charge in [-0.3, -0.25) is 4.79 Å². The van der Waals surface area contributed by atoms with Crippen LogP contribution in [0.4, 0.5) is 10.2 Å². The van der Waals surface area contributed by atoms with Crippen molar-refractivity contribution < 1.29 is 4.39 Å². The molecule has 3 heterocycles. The van der Waals surface area contributed by atoms with Crippen LogP contribution < -0.4 is 15.8 Å². The number of aromatic amines is 1. The molecule has 2 aromatic heterocycles. The van der Waals surface area contributed by atoms with Gasteiger partial charge in [0, 0.05) is 19.6 Å². The SMILES string of the molecule is O=c1[nH]c(-c2scnc2Cl)nc(N2CCNC[C@H](F)C2)c1Cl. The summed E-state index contributed by atoms with van der Waals surface area (Å²) >= 11 is 13.3. The Morgan fingerprint density at radius 1 is 1.45 bits per heavy atom. The normalized spacial score (nSPS) is 19.2. The molecule has 0 amide bonds. The largest absolute Gasteiger partial charge is 0.351 e. The second-order valence-corrected chi connectivity index (χ2v) is 6.36. The number of halogens is 3. The van der Waals surface area contributed by atoms with E-state index in [9.17, 15) is 9.18 Å². The predicted octanol–water partition coefficient (Wildman–Crippen LogP) is 1.95. The molecule has 0 bridgehead atoms. The highest BCUT2D eigenvalue weighted by Gasteiger charge is 2.23. The Bertz CT molecular complexity index is 737. The zero-order valence-electron chi connectivity index (χ0n) is 11.3. The van der Waals surface area contributed by atoms with Gasteiger partial charge in [-0.1, -0.05) is 23.2 Å². The van der Waals surface area contributed by atoms with Crippen LogP contribution in [0.2, 0.25) is 10.2 Å². The molecular weight excluding hydrogens is 352 g/mol. The van der Waals surface area contributed by atoms with E-state index >= 15 is 0 Å². The van der Waals surface area contributed by atoms with Crippen LogP contribution in [0.15, 0.2) is 10.3 Å². The van der Waals surface area contributed by atoms with Crippen LogP contribution in [-0.2, 0) is 0 Å². The minimum Gasteiger partial charge on any atom is -0.351 e. The van der Waals surface area contributed by atoms with E-state index in [1.165, 1.54) is 11.3 Å². The van der Waals surface area contributed by atoms with Gasteiger partial charge in [0.05, 0.1) is 12.1 Å². The van der Waals surface area contributed by atoms with Gasteiger partial charge in [-0.15, -0.1) is 11.3 Å². The quantitative estimate of drug-likeness (QED) is 0.852. The molecule has 6 nitrogen and oxygen atoms in total. The van der Waals surface area contributed by atoms with E-state index in [4.69, 9.17) is 23.2 Å². The smallest absolute Gasteiger partial charge is 0.272 e. The van der Waals surface area contributed by atoms with Crippen molar-refractivity contribution in [3.8, 4) is 10.7 Å². The molecule has 22 heavy (non-hydrogen) atoms. The number of nitrogens with one attached hydrogen (secondary N) is 2. The Hall–Kier alpha value is -1.22. The predicted molar refractivity (Wildman–Crippen MR) is 86.0 cm³/mol. The van der Waals surface area contributed by atoms with Gasteiger partial charge >= 0.3 is 0 Å². The number of anilines is 1. The van der Waals surface area contributed by atoms with Crippen molar-refractivity contribution in [2.75, 3.05) is 31.1 Å². The maximum atomic E-state index is 13.8. The van der Waals surface area contributed by atoms with Crippen molar-refractivity contribution in [2.24, 2.45) is 0 Å². The van der Waals surface area contributed by atoms with Crippen molar-refractivity contribution >= 4 is 40.4 Å². The summed E-state index contributed by atoms with van der Waals surface area (Å²) in [5.41, 5.74) is 1.07. The van der Waals surface area contributed by atoms with Gasteiger partial charge in [0.15, 0.2) is 16.8 Å². The fourth-order valence-electron chi connectivity index (χ4n) is 2.21. The van der Waals surface area contributed by atoms with Gasteiger partial charge in [0.25, 0.3) is 5.56 Å². The highest BCUT2D eigenvalue weighted by atomic mass is 35.5. The first-order valence-electron chi connectivity index (χ1n) is 6.55. The molecule has 1 atom stereocenters. The van der Waals surface area contributed by atoms with Crippen molar-refractivity contribution in [1.82, 2.24) is 20.3 Å². The molecule has 1 saturated heterocycles. The second-order valence-electron chi connectivity index (χ2n) is 4.77. The Kier molecular flexibility index (Phi) is 4.62. The van der Waals surface area contributed by atoms with Gasteiger partial charge < -0.3 is 15.2 Å². The summed E-state index contributed by atoms with van der Waals surface area (Å²) in [5.74, 6) is 0.542. The molecule has 10 heteroatoms. The van der Waals surface area contributed by atoms with Gasteiger partial charge in [0.2, 0.25) is 0 Å². The molecule has 0 aromatic carbocycles. The summed E-state index contributed by atoms with van der Waals surface area (Å²) in [4.78, 5) is 25.1. The van der Waals surface area contributed by atoms with E-state index < -0.39 is 11.7 Å². The summed E-state index contributed by atoms with van der Waals surface area (Å²) in [6.45, 7) is 1.48. The van der Waals surface area contributed by atoms with E-state index in [0.29, 0.717) is 18.0 Å². The van der Waals surface area contributed by atoms with Crippen LogP contribution in [0.25, 0.3) is 10.7 Å². The molecule has 0 aliphatic carbocycles. The molecule has 2 aromatic rings. The number of nitrogens with zero attached hydrogens (tertiary/aromatic N) is 3. The fourth-order valence-corrected chi connectivity index (χ4v) is 3.37. The lowest BCUT2D eigenvalue weighted by molar-refractivity contribution is 0.337. The summed E-state index contributed by atoms with van der Waals surface area (Å²) in [5, 5.41) is 3.17. The Balaban J connectivity index is 2.05. The van der Waals surface area contributed by atoms with Crippen molar-refractivity contribution in [3.05, 3.63) is 26.0 Å². The van der Waals surface area contributed by atoms with Crippen molar-refractivity contribution in [1.29, 1.82) is 0 Å². The van der Waals surface area contributed by atoms with E-state index in [2.05, 4.69) is 20.3 Å². The zero-order valence-corrected chi connectivity index (χ0v) is 13.6. The molecule has 0 radical (unpaired) electrons. The number of hydrogen-bond donors (Lipinski definition) is 2. The third-order valence-electron chi connectivity index (χ3n) is 3.23. The molecule has 0 saturated carbocycles. The van der Waals surface area contributed by atoms with Crippen LogP contribution in [0, 0.1) is 0 Å². The average Bonchev–Trinajstić information content (AvgIpc) is 2.79. The van der Waals surface area contributed by atoms with Crippen LogP contribution in [0.3, 0.4) is 0 Å². The number of H-pyrrole nitrogens is 1. The molecule has 1 aliphatic rings. The Morgan fingerprint density at radius 2 is 2.27 bits per heavy atom. The Labute approximate surface area is 139 Å². The maximum Gasteiger partial charge on any atom is 0.272 e. The fraction of sp³-hybridized carbons (Fsp3) is 0.417. The minimum absolute atomic E-state index is 0.0570. The Morgan fingerprint density at radius 3 is 3.00 bits per heavy atom. The van der Waals surface area contributed by atoms with Crippen LogP contribution in [-0.4, -0.2) is 47.3 Å². The standard InChI is InChI=1S/C12H12Cl2FN5OS/c13-7-11(20-2-1-16-3-6(15)4-20)18-10(19-12(7)21)8-9(14)17-5-22-8/h5-6,16H,1-4H2,(H,18,19,21)/t6-/m0/s1. The number of rotatable bonds is 2. The van der Waals surface area contributed by atoms with Crippen LogP contribution >= 0.6 is 34.5 Å². The maximum absolute atomic E-state index is 13.8. The first kappa shape index (κ1) is 15.7. The van der Waals surface area contributed by atoms with Gasteiger partial charge in [-0.2, -0.15) is 0 Å². The molecule has 1 aliphatic heterocycles. The highest BCUT2D eigenvalue weighted by Crippen LogP contribution is 2.30. The lowest BCUT2D eigenvalue weighted by atomic mass is 10.3. The third-order valence-corrected chi connectivity index (χ3v) is 4.80. The van der Waals surface area contributed by atoms with E-state index in [1.807, 2.05) is 0 Å². The van der Waals surface area contributed by atoms with Crippen LogP contribution in [0.1, 0.15) is 0 Å². The number of thiazole rings is 1. The van der Waals surface area contributed by atoms with Crippen molar-refractivity contribution in [2.45, 2.75) is 6.17 Å². The molecular formula is C12H12Cl2FN5OS. The van der Waals surface area contributed by atoms with Gasteiger partial charge in [-0.05, 0) is 0 Å². The van der Waals surface area contributed by atoms with Gasteiger partial charge in [-0.25, -0.2) is 14.4 Å². The second kappa shape index (κ2) is 6.49. The molecule has 0 spiro atoms. The van der Waals surface area contributed by atoms with Crippen molar-refractivity contribution in [3.63, 3.8) is 0 Å². The molecule has 1 fully saturated rings. The number of aromatic nitrogens is 3. The monoisotopic (exact) mass is 363 g/mol. The summed E-state index contributed by atoms with van der Waals surface area (Å²) in [6.07, 6.45) is -1.06. The molecule has 3 rings (SSSR count). The third kappa shape index (κ3) is 3.10. The molecule has 118 valence electrons. The number of alkyl halides is 1. The highest BCUT2D eigenvalue weighted by molar-refractivity contribution is 7.13. The number of hydrogen-bond acceptors (Lipinski definition) is 6.